The minimum Gasteiger partial charge on any atom is -0.333 e. The van der Waals surface area contributed by atoms with Crippen molar-refractivity contribution >= 4 is 65.4 Å². The van der Waals surface area contributed by atoms with E-state index >= 15 is 0 Å². The fourth-order valence-electron chi connectivity index (χ4n) is 9.60. The summed E-state index contributed by atoms with van der Waals surface area (Å²) in [5.74, 6) is 0.705. The van der Waals surface area contributed by atoms with Gasteiger partial charge in [0.05, 0.1) is 6.04 Å². The quantitative estimate of drug-likeness (QED) is 0.160. The van der Waals surface area contributed by atoms with Crippen LogP contribution < -0.4 is 9.80 Å². The molecule has 2 nitrogen and oxygen atoms in total. The van der Waals surface area contributed by atoms with E-state index in [9.17, 15) is 0 Å². The fraction of sp³-hybridized carbons (Fsp3) is 0.148. The summed E-state index contributed by atoms with van der Waals surface area (Å²) in [6, 6.07) is 43.1. The van der Waals surface area contributed by atoms with Crippen molar-refractivity contribution in [1.29, 1.82) is 0 Å². The number of fused-ring (bicyclic) bond motifs is 7. The van der Waals surface area contributed by atoms with Gasteiger partial charge >= 0.3 is 0 Å². The maximum Gasteiger partial charge on any atom is 0.0636 e. The minimum absolute atomic E-state index is 0.183. The van der Waals surface area contributed by atoms with E-state index in [-0.39, 0.29) is 12.0 Å². The smallest absolute Gasteiger partial charge is 0.0636 e. The van der Waals surface area contributed by atoms with Crippen LogP contribution >= 0.6 is 11.3 Å². The largest absolute Gasteiger partial charge is 0.333 e. The Labute approximate surface area is 339 Å². The zero-order valence-corrected chi connectivity index (χ0v) is 32.8. The summed E-state index contributed by atoms with van der Waals surface area (Å²) in [6.45, 7) is 0. The van der Waals surface area contributed by atoms with Gasteiger partial charge < -0.3 is 9.80 Å². The van der Waals surface area contributed by atoms with E-state index in [1.165, 1.54) is 82.0 Å². The van der Waals surface area contributed by atoms with E-state index < -0.39 is 0 Å². The van der Waals surface area contributed by atoms with E-state index in [0.29, 0.717) is 5.92 Å². The Morgan fingerprint density at radius 1 is 0.649 bits per heavy atom. The van der Waals surface area contributed by atoms with Gasteiger partial charge in [0, 0.05) is 66.0 Å². The third-order valence-electron chi connectivity index (χ3n) is 12.4. The topological polar surface area (TPSA) is 6.48 Å². The standard InChI is InChI=1S/C54H44N2S/c1-4-12-37(13-5-1)39-20-27-44(28-21-39)55(45-29-22-40(23-30-45)38-14-6-2-7-15-38)46-31-24-41(25-32-46)42-26-33-49-51(36-42)56(43-16-8-3-9-17-43)50-35-34-48-47-18-10-11-19-52(47)57-54(48)53(49)50/h1,3-4,6,8-12,14-22,24-36,40,49,51H,2,5,7,13,23H2. The van der Waals surface area contributed by atoms with Crippen LogP contribution in [-0.4, -0.2) is 6.04 Å². The molecule has 0 bridgehead atoms. The van der Waals surface area contributed by atoms with Crippen molar-refractivity contribution in [2.75, 3.05) is 9.80 Å². The number of nitrogens with zero attached hydrogens (tertiary/aromatic N) is 2. The van der Waals surface area contributed by atoms with E-state index in [1.807, 2.05) is 11.3 Å². The van der Waals surface area contributed by atoms with Crippen molar-refractivity contribution in [2.24, 2.45) is 5.92 Å². The van der Waals surface area contributed by atoms with Crippen molar-refractivity contribution in [2.45, 2.75) is 44.1 Å². The van der Waals surface area contributed by atoms with Crippen LogP contribution in [0.4, 0.5) is 22.7 Å². The van der Waals surface area contributed by atoms with Crippen LogP contribution in [0.25, 0.3) is 31.3 Å². The highest BCUT2D eigenvalue weighted by Crippen LogP contribution is 2.54. The maximum absolute atomic E-state index is 2.57. The van der Waals surface area contributed by atoms with Gasteiger partial charge in [-0.05, 0) is 115 Å². The lowest BCUT2D eigenvalue weighted by Crippen LogP contribution is -2.29. The van der Waals surface area contributed by atoms with Crippen LogP contribution in [0.3, 0.4) is 0 Å². The Kier molecular flexibility index (Phi) is 8.62. The van der Waals surface area contributed by atoms with Crippen molar-refractivity contribution in [3.8, 4) is 0 Å². The first kappa shape index (κ1) is 34.1. The third kappa shape index (κ3) is 6.09. The highest BCUT2D eigenvalue weighted by Gasteiger charge is 2.40. The highest BCUT2D eigenvalue weighted by atomic mass is 32.1. The van der Waals surface area contributed by atoms with Crippen molar-refractivity contribution in [3.63, 3.8) is 0 Å². The van der Waals surface area contributed by atoms with Crippen LogP contribution in [-0.2, 0) is 0 Å². The number of allylic oxidation sites excluding steroid dienone is 13. The van der Waals surface area contributed by atoms with Gasteiger partial charge in [-0.2, -0.15) is 0 Å². The zero-order valence-electron chi connectivity index (χ0n) is 32.0. The van der Waals surface area contributed by atoms with E-state index in [4.69, 9.17) is 0 Å². The number of thiophene rings is 1. The molecule has 6 aromatic rings. The first-order chi connectivity index (χ1) is 28.3. The van der Waals surface area contributed by atoms with Gasteiger partial charge in [0.1, 0.15) is 0 Å². The number of hydrogen-bond donors (Lipinski definition) is 0. The summed E-state index contributed by atoms with van der Waals surface area (Å²) in [6.07, 6.45) is 33.8. The minimum atomic E-state index is 0.183. The van der Waals surface area contributed by atoms with Gasteiger partial charge in [-0.15, -0.1) is 11.3 Å². The second kappa shape index (κ2) is 14.4. The second-order valence-electron chi connectivity index (χ2n) is 15.8. The Bertz CT molecular complexity index is 2770. The zero-order chi connectivity index (χ0) is 37.7. The van der Waals surface area contributed by atoms with Gasteiger partial charge in [0.25, 0.3) is 0 Å². The van der Waals surface area contributed by atoms with Gasteiger partial charge in [0.2, 0.25) is 0 Å². The molecule has 5 aliphatic rings. The summed E-state index contributed by atoms with van der Waals surface area (Å²) in [5.41, 5.74) is 14.2. The average Bonchev–Trinajstić information content (AvgIpc) is 3.84. The molecule has 0 radical (unpaired) electrons. The molecule has 2 heterocycles. The van der Waals surface area contributed by atoms with Gasteiger partial charge in [-0.3, -0.25) is 0 Å². The monoisotopic (exact) mass is 752 g/mol. The van der Waals surface area contributed by atoms with Crippen molar-refractivity contribution in [1.82, 2.24) is 0 Å². The molecule has 5 aromatic carbocycles. The second-order valence-corrected chi connectivity index (χ2v) is 16.8. The number of anilines is 4. The molecule has 0 N–H and O–H groups in total. The molecule has 0 amide bonds. The molecular weight excluding hydrogens is 709 g/mol. The third-order valence-corrected chi connectivity index (χ3v) is 13.7. The Morgan fingerprint density at radius 2 is 1.46 bits per heavy atom. The van der Waals surface area contributed by atoms with E-state index in [0.717, 1.165) is 32.1 Å². The van der Waals surface area contributed by atoms with Gasteiger partial charge in [-0.25, -0.2) is 0 Å². The molecule has 3 atom stereocenters. The predicted molar refractivity (Wildman–Crippen MR) is 245 cm³/mol. The molecule has 1 aliphatic heterocycles. The molecule has 3 unspecified atom stereocenters. The fourth-order valence-corrected chi connectivity index (χ4v) is 10.9. The summed E-state index contributed by atoms with van der Waals surface area (Å²) < 4.78 is 2.77. The lowest BCUT2D eigenvalue weighted by atomic mass is 9.86. The lowest BCUT2D eigenvalue weighted by Gasteiger charge is -2.31. The molecule has 11 rings (SSSR count). The van der Waals surface area contributed by atoms with Crippen LogP contribution in [0.2, 0.25) is 0 Å². The average molecular weight is 753 g/mol. The number of benzene rings is 5. The van der Waals surface area contributed by atoms with Crippen molar-refractivity contribution in [3.05, 3.63) is 216 Å². The molecule has 1 aromatic heterocycles. The molecule has 3 heteroatoms. The molecule has 0 saturated carbocycles. The molecule has 0 spiro atoms. The summed E-state index contributed by atoms with van der Waals surface area (Å²) >= 11 is 1.94. The lowest BCUT2D eigenvalue weighted by molar-refractivity contribution is 0.750. The predicted octanol–water partition coefficient (Wildman–Crippen LogP) is 14.9. The Balaban J connectivity index is 0.941. The summed E-state index contributed by atoms with van der Waals surface area (Å²) in [7, 11) is 0. The highest BCUT2D eigenvalue weighted by molar-refractivity contribution is 7.26. The molecule has 0 saturated heterocycles. The first-order valence-electron chi connectivity index (χ1n) is 20.6. The Morgan fingerprint density at radius 3 is 2.21 bits per heavy atom. The molecular formula is C54H44N2S. The first-order valence-corrected chi connectivity index (χ1v) is 21.4. The maximum atomic E-state index is 2.57. The SMILES string of the molecule is C1=CCCC(c2ccc(N(C3=CCC(C4=CCCC=C4)C=C3)c3ccc(C4=CC5C(C=C4)c4c(ccc6c4sc4ccccc46)N5c4ccccc4)cc3)cc2)=C1. The summed E-state index contributed by atoms with van der Waals surface area (Å²) in [4.78, 5) is 5.00. The molecule has 276 valence electrons. The molecule has 0 fully saturated rings. The van der Waals surface area contributed by atoms with Crippen LogP contribution in [0.1, 0.15) is 54.7 Å². The molecule has 4 aliphatic carbocycles. The van der Waals surface area contributed by atoms with Gasteiger partial charge in [-0.1, -0.05) is 134 Å². The van der Waals surface area contributed by atoms with Crippen LogP contribution in [0.5, 0.6) is 0 Å². The number of rotatable bonds is 7. The summed E-state index contributed by atoms with van der Waals surface area (Å²) in [5, 5.41) is 2.72. The molecule has 57 heavy (non-hydrogen) atoms. The van der Waals surface area contributed by atoms with Crippen molar-refractivity contribution < 1.29 is 0 Å². The van der Waals surface area contributed by atoms with Crippen LogP contribution in [0, 0.1) is 5.92 Å². The number of para-hydroxylation sites is 1. The van der Waals surface area contributed by atoms with Crippen LogP contribution in [0.15, 0.2) is 199 Å². The van der Waals surface area contributed by atoms with Gasteiger partial charge in [0.15, 0.2) is 0 Å². The van der Waals surface area contributed by atoms with E-state index in [2.05, 4.69) is 198 Å². The number of hydrogen-bond acceptors (Lipinski definition) is 3. The van der Waals surface area contributed by atoms with E-state index in [1.54, 1.807) is 0 Å². The Hall–Kier alpha value is -6.16. The normalized spacial score (nSPS) is 20.9.